The highest BCUT2D eigenvalue weighted by atomic mass is 16.4. The maximum absolute atomic E-state index is 11.6. The van der Waals surface area contributed by atoms with Gasteiger partial charge in [-0.05, 0) is 34.1 Å². The van der Waals surface area contributed by atoms with Crippen LogP contribution in [0.4, 0.5) is 0 Å². The van der Waals surface area contributed by atoms with Crippen molar-refractivity contribution in [3.05, 3.63) is 83.4 Å². The number of aliphatic hydroxyl groups is 6. The van der Waals surface area contributed by atoms with Gasteiger partial charge < -0.3 is 30.6 Å². The normalized spacial score (nSPS) is 18.2. The molecule has 5 atom stereocenters. The first kappa shape index (κ1) is 28.2. The Morgan fingerprint density at radius 2 is 1.18 bits per heavy atom. The first-order valence-corrected chi connectivity index (χ1v) is 11.8. The largest absolute Gasteiger partial charge is 0.394 e. The molecule has 0 heterocycles. The van der Waals surface area contributed by atoms with Crippen LogP contribution in [0.3, 0.4) is 0 Å². The minimum Gasteiger partial charge on any atom is -0.394 e. The van der Waals surface area contributed by atoms with E-state index in [-0.39, 0.29) is 12.8 Å². The fraction of sp³-hybridized carbons (Fsp3) is 0.500. The molecule has 2 aromatic carbocycles. The smallest absolute Gasteiger partial charge is 0.126 e. The van der Waals surface area contributed by atoms with Gasteiger partial charge >= 0.3 is 0 Å². The predicted molar refractivity (Wildman–Crippen MR) is 134 cm³/mol. The Hall–Kier alpha value is -2.06. The van der Waals surface area contributed by atoms with E-state index in [4.69, 9.17) is 0 Å². The van der Waals surface area contributed by atoms with Crippen molar-refractivity contribution < 1.29 is 30.6 Å². The second-order valence-electron chi connectivity index (χ2n) is 9.93. The highest BCUT2D eigenvalue weighted by Crippen LogP contribution is 2.33. The third kappa shape index (κ3) is 6.33. The Balaban J connectivity index is 2.42. The van der Waals surface area contributed by atoms with Gasteiger partial charge in [0, 0.05) is 12.8 Å². The predicted octanol–water partition coefficient (Wildman–Crippen LogP) is 2.44. The summed E-state index contributed by atoms with van der Waals surface area (Å²) in [6.45, 7) is 11.1. The zero-order valence-corrected chi connectivity index (χ0v) is 20.6. The zero-order valence-electron chi connectivity index (χ0n) is 20.6. The molecule has 188 valence electrons. The molecule has 0 radical (unpaired) electrons. The van der Waals surface area contributed by atoms with Gasteiger partial charge in [0.1, 0.15) is 29.5 Å². The van der Waals surface area contributed by atoms with Crippen molar-refractivity contribution in [3.8, 4) is 0 Å². The summed E-state index contributed by atoms with van der Waals surface area (Å²) in [5.74, 6) is 0.633. The van der Waals surface area contributed by atoms with E-state index in [9.17, 15) is 30.6 Å². The van der Waals surface area contributed by atoms with Gasteiger partial charge in [0.15, 0.2) is 0 Å². The average molecular weight is 473 g/mol. The molecule has 1 unspecified atom stereocenters. The second-order valence-corrected chi connectivity index (χ2v) is 9.93. The van der Waals surface area contributed by atoms with Crippen molar-refractivity contribution in [1.29, 1.82) is 0 Å². The van der Waals surface area contributed by atoms with E-state index in [1.807, 2.05) is 50.2 Å². The fourth-order valence-corrected chi connectivity index (χ4v) is 4.20. The van der Waals surface area contributed by atoms with Crippen molar-refractivity contribution in [3.63, 3.8) is 0 Å². The summed E-state index contributed by atoms with van der Waals surface area (Å²) < 4.78 is 0. The molecule has 0 bridgehead atoms. The quantitative estimate of drug-likeness (QED) is 0.264. The van der Waals surface area contributed by atoms with E-state index >= 15 is 0 Å². The first-order chi connectivity index (χ1) is 15.9. The highest BCUT2D eigenvalue weighted by molar-refractivity contribution is 5.30. The van der Waals surface area contributed by atoms with Crippen LogP contribution in [0.1, 0.15) is 61.8 Å². The summed E-state index contributed by atoms with van der Waals surface area (Å²) in [5, 5.41) is 64.5. The molecule has 0 aliphatic heterocycles. The van der Waals surface area contributed by atoms with E-state index in [0.29, 0.717) is 23.0 Å². The molecule has 0 aliphatic rings. The number of hydrogen-bond acceptors (Lipinski definition) is 6. The highest BCUT2D eigenvalue weighted by Gasteiger charge is 2.53. The van der Waals surface area contributed by atoms with Crippen LogP contribution in [0, 0.1) is 0 Å². The Morgan fingerprint density at radius 3 is 1.53 bits per heavy atom. The molecular weight excluding hydrogens is 432 g/mol. The lowest BCUT2D eigenvalue weighted by atomic mass is 9.73. The third-order valence-electron chi connectivity index (χ3n) is 6.63. The summed E-state index contributed by atoms with van der Waals surface area (Å²) in [6, 6.07) is 14.8. The van der Waals surface area contributed by atoms with Gasteiger partial charge in [-0.3, -0.25) is 0 Å². The van der Waals surface area contributed by atoms with Gasteiger partial charge in [0.05, 0.1) is 6.61 Å². The number of benzene rings is 2. The van der Waals surface area contributed by atoms with E-state index in [1.165, 1.54) is 0 Å². The van der Waals surface area contributed by atoms with Crippen LogP contribution in [-0.4, -0.2) is 66.8 Å². The van der Waals surface area contributed by atoms with Gasteiger partial charge in [0.25, 0.3) is 0 Å². The van der Waals surface area contributed by atoms with Gasteiger partial charge in [0.2, 0.25) is 0 Å². The lowest BCUT2D eigenvalue weighted by Crippen LogP contribution is -2.66. The molecule has 0 aromatic heterocycles. The third-order valence-corrected chi connectivity index (χ3v) is 6.63. The Morgan fingerprint density at radius 1 is 0.765 bits per heavy atom. The molecule has 0 fully saturated rings. The Labute approximate surface area is 202 Å². The van der Waals surface area contributed by atoms with Gasteiger partial charge in [-0.1, -0.05) is 82.3 Å². The fourth-order valence-electron chi connectivity index (χ4n) is 4.20. The van der Waals surface area contributed by atoms with Crippen LogP contribution in [0.15, 0.2) is 61.2 Å². The lowest BCUT2D eigenvalue weighted by molar-refractivity contribution is -0.218. The van der Waals surface area contributed by atoms with E-state index < -0.39 is 36.1 Å². The molecule has 0 saturated heterocycles. The van der Waals surface area contributed by atoms with Crippen molar-refractivity contribution in [2.45, 2.75) is 81.9 Å². The van der Waals surface area contributed by atoms with Crippen molar-refractivity contribution in [2.75, 3.05) is 6.61 Å². The molecular formula is C28H40O6. The van der Waals surface area contributed by atoms with Crippen molar-refractivity contribution in [1.82, 2.24) is 0 Å². The number of aliphatic hydroxyl groups excluding tert-OH is 4. The summed E-state index contributed by atoms with van der Waals surface area (Å²) in [5.41, 5.74) is -0.926. The molecule has 6 heteroatoms. The molecule has 0 aliphatic carbocycles. The topological polar surface area (TPSA) is 121 Å². The summed E-state index contributed by atoms with van der Waals surface area (Å²) >= 11 is 0. The number of rotatable bonds is 12. The maximum Gasteiger partial charge on any atom is 0.126 e. The van der Waals surface area contributed by atoms with Crippen molar-refractivity contribution in [2.24, 2.45) is 0 Å². The summed E-state index contributed by atoms with van der Waals surface area (Å²) in [7, 11) is 0. The van der Waals surface area contributed by atoms with E-state index in [1.54, 1.807) is 12.1 Å². The SMILES string of the molecule is C=CC(O)(Cc1ccc(C(C)C)cc1)[C@@H](O)[C@@](O)(Cc1ccc(C(C)C)cc1)[C@H](O)[C@@H](O)CO. The van der Waals surface area contributed by atoms with Gasteiger partial charge in [-0.2, -0.15) is 0 Å². The van der Waals surface area contributed by atoms with Crippen LogP contribution in [0.25, 0.3) is 0 Å². The first-order valence-electron chi connectivity index (χ1n) is 11.8. The number of hydrogen-bond donors (Lipinski definition) is 6. The monoisotopic (exact) mass is 472 g/mol. The summed E-state index contributed by atoms with van der Waals surface area (Å²) in [6.07, 6.45) is -4.80. The molecule has 6 N–H and O–H groups in total. The lowest BCUT2D eigenvalue weighted by Gasteiger charge is -2.45. The van der Waals surface area contributed by atoms with Crippen LogP contribution < -0.4 is 0 Å². The van der Waals surface area contributed by atoms with Crippen LogP contribution in [0.5, 0.6) is 0 Å². The van der Waals surface area contributed by atoms with Gasteiger partial charge in [-0.25, -0.2) is 0 Å². The molecule has 34 heavy (non-hydrogen) atoms. The van der Waals surface area contributed by atoms with E-state index in [0.717, 1.165) is 17.2 Å². The van der Waals surface area contributed by atoms with Crippen LogP contribution in [-0.2, 0) is 12.8 Å². The minimum absolute atomic E-state index is 0.0768. The maximum atomic E-state index is 11.6. The molecule has 0 spiro atoms. The Kier molecular flexibility index (Phi) is 9.60. The zero-order chi connectivity index (χ0) is 25.7. The Bertz CT molecular complexity index is 907. The van der Waals surface area contributed by atoms with E-state index in [2.05, 4.69) is 20.4 Å². The molecule has 2 aromatic rings. The minimum atomic E-state index is -2.39. The average Bonchev–Trinajstić information content (AvgIpc) is 2.82. The molecule has 0 amide bonds. The molecule has 6 nitrogen and oxygen atoms in total. The van der Waals surface area contributed by atoms with Crippen LogP contribution >= 0.6 is 0 Å². The summed E-state index contributed by atoms with van der Waals surface area (Å²) in [4.78, 5) is 0. The molecule has 2 rings (SSSR count). The van der Waals surface area contributed by atoms with Crippen molar-refractivity contribution >= 4 is 0 Å². The molecule has 0 saturated carbocycles. The standard InChI is InChI=1S/C28H40O6/c1-6-27(33,15-20-7-11-22(12-8-20)18(2)3)26(32)28(34,25(31)24(30)17-29)16-21-9-13-23(14-10-21)19(4)5/h6-14,18-19,24-26,29-34H,1,15-17H2,2-5H3/t24-,25+,26+,27?,28+/m0/s1. The second kappa shape index (κ2) is 11.6. The van der Waals surface area contributed by atoms with Crippen LogP contribution in [0.2, 0.25) is 0 Å². The van der Waals surface area contributed by atoms with Gasteiger partial charge in [-0.15, -0.1) is 6.58 Å².